The normalized spacial score (nSPS) is 10.6. The van der Waals surface area contributed by atoms with Crippen LogP contribution in [-0.4, -0.2) is 17.6 Å². The molecular weight excluding hydrogens is 321 g/mol. The van der Waals surface area contributed by atoms with Gasteiger partial charge >= 0.3 is 0 Å². The Bertz CT molecular complexity index is 709. The smallest absolute Gasteiger partial charge is 0.239 e. The van der Waals surface area contributed by atoms with Crippen molar-refractivity contribution in [3.05, 3.63) is 70.8 Å². The number of allylic oxidation sites excluding steroid dienone is 1. The van der Waals surface area contributed by atoms with Crippen LogP contribution in [-0.2, 0) is 4.79 Å². The summed E-state index contributed by atoms with van der Waals surface area (Å²) in [6, 6.07) is 13.8. The number of alkyl halides is 1. The van der Waals surface area contributed by atoms with Crippen molar-refractivity contribution in [2.45, 2.75) is 0 Å². The van der Waals surface area contributed by atoms with E-state index in [0.29, 0.717) is 16.3 Å². The number of ketones is 1. The van der Waals surface area contributed by atoms with Crippen LogP contribution in [0.2, 0.25) is 5.02 Å². The minimum atomic E-state index is -0.290. The molecule has 22 heavy (non-hydrogen) atoms. The fourth-order valence-corrected chi connectivity index (χ4v) is 2.06. The van der Waals surface area contributed by atoms with Gasteiger partial charge in [-0.1, -0.05) is 29.8 Å². The lowest BCUT2D eigenvalue weighted by Gasteiger charge is -2.03. The van der Waals surface area contributed by atoms with Gasteiger partial charge in [0.05, 0.1) is 0 Å². The molecule has 2 aromatic carbocycles. The van der Waals surface area contributed by atoms with Crippen LogP contribution in [0.1, 0.15) is 15.9 Å². The van der Waals surface area contributed by atoms with E-state index in [1.54, 1.807) is 42.5 Å². The first-order valence-corrected chi connectivity index (χ1v) is 7.43. The van der Waals surface area contributed by atoms with E-state index in [1.165, 1.54) is 6.08 Å². The number of carbonyl (C=O) groups is 2. The number of hydrogen-bond acceptors (Lipinski definition) is 2. The van der Waals surface area contributed by atoms with Crippen LogP contribution in [0, 0.1) is 0 Å². The van der Waals surface area contributed by atoms with Gasteiger partial charge in [-0.15, -0.1) is 11.6 Å². The van der Waals surface area contributed by atoms with Gasteiger partial charge in [0.2, 0.25) is 5.91 Å². The lowest BCUT2D eigenvalue weighted by atomic mass is 10.1. The molecule has 0 heterocycles. The van der Waals surface area contributed by atoms with E-state index in [9.17, 15) is 9.59 Å². The second kappa shape index (κ2) is 7.78. The molecule has 0 atom stereocenters. The molecule has 0 aromatic heterocycles. The molecule has 0 saturated carbocycles. The van der Waals surface area contributed by atoms with Crippen LogP contribution >= 0.6 is 23.2 Å². The van der Waals surface area contributed by atoms with Crippen LogP contribution in [0.5, 0.6) is 0 Å². The molecule has 5 heteroatoms. The molecule has 1 amide bonds. The highest BCUT2D eigenvalue weighted by Crippen LogP contribution is 2.14. The minimum Gasteiger partial charge on any atom is -0.325 e. The third-order valence-corrected chi connectivity index (χ3v) is 3.33. The van der Waals surface area contributed by atoms with Gasteiger partial charge in [-0.25, -0.2) is 0 Å². The first-order chi connectivity index (χ1) is 10.6. The molecule has 1 N–H and O–H groups in total. The molecule has 2 aromatic rings. The molecule has 0 fully saturated rings. The van der Waals surface area contributed by atoms with Crippen molar-refractivity contribution in [1.29, 1.82) is 0 Å². The zero-order chi connectivity index (χ0) is 15.9. The van der Waals surface area contributed by atoms with E-state index in [1.807, 2.05) is 12.1 Å². The SMILES string of the molecule is O=C(CCl)Nc1ccc(C(=O)/C=C/c2cccc(Cl)c2)cc1. The van der Waals surface area contributed by atoms with Gasteiger partial charge in [0.15, 0.2) is 5.78 Å². The summed E-state index contributed by atoms with van der Waals surface area (Å²) in [6.45, 7) is 0. The third-order valence-electron chi connectivity index (χ3n) is 2.85. The summed E-state index contributed by atoms with van der Waals surface area (Å²) in [5.74, 6) is -0.528. The van der Waals surface area contributed by atoms with E-state index in [0.717, 1.165) is 5.56 Å². The Morgan fingerprint density at radius 1 is 1.09 bits per heavy atom. The lowest BCUT2D eigenvalue weighted by Crippen LogP contribution is -2.12. The first-order valence-electron chi connectivity index (χ1n) is 6.52. The molecule has 0 aliphatic rings. The van der Waals surface area contributed by atoms with Gasteiger partial charge in [0, 0.05) is 16.3 Å². The van der Waals surface area contributed by atoms with Gasteiger partial charge < -0.3 is 5.32 Å². The van der Waals surface area contributed by atoms with E-state index in [-0.39, 0.29) is 17.6 Å². The Morgan fingerprint density at radius 2 is 1.82 bits per heavy atom. The van der Waals surface area contributed by atoms with Gasteiger partial charge in [-0.2, -0.15) is 0 Å². The Labute approximate surface area is 138 Å². The van der Waals surface area contributed by atoms with Crippen molar-refractivity contribution in [3.8, 4) is 0 Å². The standard InChI is InChI=1S/C17H13Cl2NO2/c18-11-17(22)20-15-7-5-13(6-8-15)16(21)9-4-12-2-1-3-14(19)10-12/h1-10H,11H2,(H,20,22)/b9-4+. The number of nitrogens with one attached hydrogen (secondary N) is 1. The Balaban J connectivity index is 2.05. The number of hydrogen-bond donors (Lipinski definition) is 1. The number of benzene rings is 2. The van der Waals surface area contributed by atoms with E-state index in [2.05, 4.69) is 5.32 Å². The fraction of sp³-hybridized carbons (Fsp3) is 0.0588. The maximum absolute atomic E-state index is 12.1. The monoisotopic (exact) mass is 333 g/mol. The number of anilines is 1. The van der Waals surface area contributed by atoms with Crippen LogP contribution in [0.25, 0.3) is 6.08 Å². The maximum Gasteiger partial charge on any atom is 0.239 e. The number of halogens is 2. The van der Waals surface area contributed by atoms with E-state index >= 15 is 0 Å². The Morgan fingerprint density at radius 3 is 2.45 bits per heavy atom. The van der Waals surface area contributed by atoms with Crippen molar-refractivity contribution in [3.63, 3.8) is 0 Å². The van der Waals surface area contributed by atoms with E-state index < -0.39 is 0 Å². The van der Waals surface area contributed by atoms with Gasteiger partial charge in [0.25, 0.3) is 0 Å². The lowest BCUT2D eigenvalue weighted by molar-refractivity contribution is -0.113. The summed E-state index contributed by atoms with van der Waals surface area (Å²) in [4.78, 5) is 23.2. The zero-order valence-corrected chi connectivity index (χ0v) is 13.1. The van der Waals surface area contributed by atoms with Crippen molar-refractivity contribution < 1.29 is 9.59 Å². The quantitative estimate of drug-likeness (QED) is 0.500. The molecule has 0 unspecified atom stereocenters. The summed E-state index contributed by atoms with van der Waals surface area (Å²) >= 11 is 11.3. The van der Waals surface area contributed by atoms with Gasteiger partial charge in [0.1, 0.15) is 5.88 Å². The summed E-state index contributed by atoms with van der Waals surface area (Å²) in [6.07, 6.45) is 3.19. The largest absolute Gasteiger partial charge is 0.325 e. The molecule has 3 nitrogen and oxygen atoms in total. The fourth-order valence-electron chi connectivity index (χ4n) is 1.79. The predicted molar refractivity (Wildman–Crippen MR) is 90.6 cm³/mol. The summed E-state index contributed by atoms with van der Waals surface area (Å²) in [5.41, 5.74) is 1.98. The number of carbonyl (C=O) groups excluding carboxylic acids is 2. The third kappa shape index (κ3) is 4.72. The predicted octanol–water partition coefficient (Wildman–Crippen LogP) is 4.41. The molecule has 0 bridgehead atoms. The molecule has 0 aliphatic carbocycles. The number of rotatable bonds is 5. The molecule has 112 valence electrons. The summed E-state index contributed by atoms with van der Waals surface area (Å²) in [7, 11) is 0. The maximum atomic E-state index is 12.1. The van der Waals surface area contributed by atoms with Crippen molar-refractivity contribution >= 4 is 46.7 Å². The van der Waals surface area contributed by atoms with E-state index in [4.69, 9.17) is 23.2 Å². The molecule has 0 aliphatic heterocycles. The average Bonchev–Trinajstić information content (AvgIpc) is 2.53. The Kier molecular flexibility index (Phi) is 5.75. The minimum absolute atomic E-state index is 0.108. The van der Waals surface area contributed by atoms with Crippen LogP contribution in [0.3, 0.4) is 0 Å². The van der Waals surface area contributed by atoms with Crippen molar-refractivity contribution in [2.24, 2.45) is 0 Å². The number of amides is 1. The second-order valence-electron chi connectivity index (χ2n) is 4.51. The topological polar surface area (TPSA) is 46.2 Å². The summed E-state index contributed by atoms with van der Waals surface area (Å²) < 4.78 is 0. The molecule has 0 radical (unpaired) electrons. The second-order valence-corrected chi connectivity index (χ2v) is 5.22. The molecule has 2 rings (SSSR count). The van der Waals surface area contributed by atoms with Crippen molar-refractivity contribution in [1.82, 2.24) is 0 Å². The molecule has 0 spiro atoms. The highest BCUT2D eigenvalue weighted by Gasteiger charge is 2.03. The van der Waals surface area contributed by atoms with Gasteiger partial charge in [-0.05, 0) is 48.0 Å². The zero-order valence-electron chi connectivity index (χ0n) is 11.6. The average molecular weight is 334 g/mol. The first kappa shape index (κ1) is 16.3. The highest BCUT2D eigenvalue weighted by molar-refractivity contribution is 6.30. The highest BCUT2D eigenvalue weighted by atomic mass is 35.5. The molecule has 0 saturated heterocycles. The Hall–Kier alpha value is -2.10. The van der Waals surface area contributed by atoms with Crippen LogP contribution < -0.4 is 5.32 Å². The van der Waals surface area contributed by atoms with Gasteiger partial charge in [-0.3, -0.25) is 9.59 Å². The summed E-state index contributed by atoms with van der Waals surface area (Å²) in [5, 5.41) is 3.23. The van der Waals surface area contributed by atoms with Crippen LogP contribution in [0.4, 0.5) is 5.69 Å². The van der Waals surface area contributed by atoms with Crippen molar-refractivity contribution in [2.75, 3.05) is 11.2 Å². The molecular formula is C17H13Cl2NO2. The van der Waals surface area contributed by atoms with Crippen LogP contribution in [0.15, 0.2) is 54.6 Å².